The minimum Gasteiger partial charge on any atom is -0.462 e. The normalized spacial score (nSPS) is 13.8. The molecule has 1 unspecified atom stereocenters. The van der Waals surface area contributed by atoms with Gasteiger partial charge in [-0.3, -0.25) is 9.59 Å². The highest BCUT2D eigenvalue weighted by molar-refractivity contribution is 5.70. The van der Waals surface area contributed by atoms with Gasteiger partial charge in [-0.15, -0.1) is 0 Å². The molecule has 5 nitrogen and oxygen atoms in total. The molecule has 1 atom stereocenters. The maximum Gasteiger partial charge on any atom is 0.306 e. The molecule has 94 heavy (non-hydrogen) atoms. The van der Waals surface area contributed by atoms with E-state index in [-0.39, 0.29) is 25.2 Å². The van der Waals surface area contributed by atoms with Gasteiger partial charge in [0.15, 0.2) is 6.10 Å². The Kier molecular flexibility index (Phi) is 75.0. The van der Waals surface area contributed by atoms with Gasteiger partial charge in [-0.1, -0.05) is 340 Å². The van der Waals surface area contributed by atoms with E-state index >= 15 is 0 Å². The van der Waals surface area contributed by atoms with Gasteiger partial charge < -0.3 is 14.6 Å². The molecule has 0 rings (SSSR count). The molecule has 0 aliphatic rings. The Morgan fingerprint density at radius 3 is 0.638 bits per heavy atom. The Hall–Kier alpha value is -6.56. The second-order valence-electron chi connectivity index (χ2n) is 23.6. The van der Waals surface area contributed by atoms with E-state index < -0.39 is 6.10 Å². The van der Waals surface area contributed by atoms with Crippen LogP contribution < -0.4 is 0 Å². The highest BCUT2D eigenvalue weighted by atomic mass is 16.6. The van der Waals surface area contributed by atoms with Crippen LogP contribution in [-0.4, -0.2) is 36.4 Å². The van der Waals surface area contributed by atoms with Gasteiger partial charge in [0, 0.05) is 12.8 Å². The van der Waals surface area contributed by atoms with Gasteiger partial charge in [0.05, 0.1) is 6.61 Å². The molecule has 0 aliphatic heterocycles. The lowest BCUT2D eigenvalue weighted by Gasteiger charge is -2.15. The van der Waals surface area contributed by atoms with E-state index in [2.05, 4.69) is 269 Å². The SMILES string of the molecule is CC/C=C\C/C=C\C/C=C\C/C=C\C/C=C\C/C=C\C/C=C\C/C=C\C/C=C\C/C=C\C/C=C\CCCCCCCC(=O)OC(CO)COC(=O)CCCCCCCCCCCC/C=C\C/C=C\C/C=C\C/C=C\C/C=C\C/C=C\C/C=C\C/C=C\C/C=C\C/C=C\CC. The van der Waals surface area contributed by atoms with E-state index in [4.69, 9.17) is 9.47 Å². The van der Waals surface area contributed by atoms with Crippen molar-refractivity contribution >= 4 is 11.9 Å². The van der Waals surface area contributed by atoms with Crippen molar-refractivity contribution in [1.29, 1.82) is 0 Å². The van der Waals surface area contributed by atoms with Crippen molar-refractivity contribution in [3.63, 3.8) is 0 Å². The van der Waals surface area contributed by atoms with Crippen LogP contribution in [0.2, 0.25) is 0 Å². The van der Waals surface area contributed by atoms with Crippen molar-refractivity contribution in [2.75, 3.05) is 13.2 Å². The molecule has 0 amide bonds. The number of carbonyl (C=O) groups is 2. The minimum absolute atomic E-state index is 0.0923. The quantitative estimate of drug-likeness (QED) is 0.0373. The van der Waals surface area contributed by atoms with Crippen LogP contribution in [0.1, 0.15) is 271 Å². The summed E-state index contributed by atoms with van der Waals surface area (Å²) in [5.41, 5.74) is 0. The van der Waals surface area contributed by atoms with Gasteiger partial charge in [0.25, 0.3) is 0 Å². The number of rotatable bonds is 65. The van der Waals surface area contributed by atoms with Gasteiger partial charge in [0.1, 0.15) is 6.61 Å². The first-order chi connectivity index (χ1) is 46.6. The van der Waals surface area contributed by atoms with Crippen LogP contribution in [0.25, 0.3) is 0 Å². The fraction of sp³-hybridized carbons (Fsp3) is 0.506. The standard InChI is InChI=1S/C89H134O5/c1-3-5-7-9-11-13-15-17-19-21-23-25-27-29-31-33-35-37-39-41-43-44-46-47-49-51-53-55-57-59-61-63-65-67-69-71-73-75-77-79-81-83-88(91)93-86-87(85-90)94-89(92)84-82-80-78-76-74-72-70-68-66-64-62-60-58-56-54-52-50-48-45-42-40-38-36-34-32-30-28-26-24-22-20-18-16-14-12-10-8-6-4-2/h5-8,11-14,17-20,23-26,29-32,35-38,41-43,45-47,50-53,56-59,62,64,68,70,87,90H,3-4,9-10,15-16,21-22,27-28,33-34,39-40,44,48-49,54-55,60-61,63,65-67,69,71-86H2,1-2H3/b7-5-,8-6-,13-11-,14-12-,19-17-,20-18-,25-23-,26-24-,31-29-,32-30-,37-35-,38-36-,43-41-,45-42-,47-46-,52-50-,53-51-,58-56-,59-57-,64-62-,70-68-. The van der Waals surface area contributed by atoms with E-state index in [1.54, 1.807) is 0 Å². The summed E-state index contributed by atoms with van der Waals surface area (Å²) in [5.74, 6) is -0.634. The summed E-state index contributed by atoms with van der Waals surface area (Å²) in [6.07, 6.45) is 134. The maximum absolute atomic E-state index is 12.4. The summed E-state index contributed by atoms with van der Waals surface area (Å²) in [5, 5.41) is 9.71. The average Bonchev–Trinajstić information content (AvgIpc) is 3.65. The van der Waals surface area contributed by atoms with E-state index in [9.17, 15) is 14.7 Å². The molecule has 0 heterocycles. The molecule has 0 aromatic rings. The zero-order valence-electron chi connectivity index (χ0n) is 59.6. The average molecular weight is 1280 g/mol. The molecule has 1 N–H and O–H groups in total. The number of unbranched alkanes of at least 4 members (excludes halogenated alkanes) is 15. The molecular weight excluding hydrogens is 1150 g/mol. The number of aliphatic hydroxyl groups excluding tert-OH is 1. The monoisotopic (exact) mass is 1280 g/mol. The van der Waals surface area contributed by atoms with Crippen molar-refractivity contribution < 1.29 is 24.2 Å². The first-order valence-corrected chi connectivity index (χ1v) is 37.2. The first kappa shape index (κ1) is 87.4. The van der Waals surface area contributed by atoms with Crippen molar-refractivity contribution in [3.05, 3.63) is 255 Å². The number of carbonyl (C=O) groups excluding carboxylic acids is 2. The summed E-state index contributed by atoms with van der Waals surface area (Å²) in [7, 11) is 0. The highest BCUT2D eigenvalue weighted by Crippen LogP contribution is 2.14. The first-order valence-electron chi connectivity index (χ1n) is 37.2. The third-order valence-electron chi connectivity index (χ3n) is 14.8. The molecular formula is C89H134O5. The van der Waals surface area contributed by atoms with Crippen LogP contribution in [0.4, 0.5) is 0 Å². The summed E-state index contributed by atoms with van der Waals surface area (Å²) in [6, 6.07) is 0. The fourth-order valence-corrected chi connectivity index (χ4v) is 9.35. The molecule has 0 saturated heterocycles. The predicted octanol–water partition coefficient (Wildman–Crippen LogP) is 26.8. The van der Waals surface area contributed by atoms with E-state index in [0.29, 0.717) is 12.8 Å². The third kappa shape index (κ3) is 77.9. The topological polar surface area (TPSA) is 72.8 Å². The molecule has 0 spiro atoms. The summed E-state index contributed by atoms with van der Waals surface area (Å²) in [4.78, 5) is 24.7. The van der Waals surface area contributed by atoms with Crippen molar-refractivity contribution in [3.8, 4) is 0 Å². The molecule has 0 saturated carbocycles. The van der Waals surface area contributed by atoms with Crippen molar-refractivity contribution in [2.24, 2.45) is 0 Å². The number of aliphatic hydroxyl groups is 1. The van der Waals surface area contributed by atoms with Crippen LogP contribution in [0.3, 0.4) is 0 Å². The van der Waals surface area contributed by atoms with E-state index in [1.807, 2.05) is 0 Å². The number of allylic oxidation sites excluding steroid dienone is 42. The molecule has 0 fully saturated rings. The summed E-state index contributed by atoms with van der Waals surface area (Å²) >= 11 is 0. The lowest BCUT2D eigenvalue weighted by atomic mass is 10.1. The molecule has 0 aliphatic carbocycles. The number of ether oxygens (including phenoxy) is 2. The number of hydrogen-bond donors (Lipinski definition) is 1. The predicted molar refractivity (Wildman–Crippen MR) is 416 cm³/mol. The summed E-state index contributed by atoms with van der Waals surface area (Å²) < 4.78 is 10.7. The van der Waals surface area contributed by atoms with Gasteiger partial charge in [-0.25, -0.2) is 0 Å². The van der Waals surface area contributed by atoms with Gasteiger partial charge >= 0.3 is 11.9 Å². The minimum atomic E-state index is -0.806. The Labute approximate surface area is 578 Å². The largest absolute Gasteiger partial charge is 0.462 e. The Morgan fingerprint density at radius 2 is 0.426 bits per heavy atom. The van der Waals surface area contributed by atoms with Crippen LogP contribution in [0.15, 0.2) is 255 Å². The molecule has 0 aromatic carbocycles. The lowest BCUT2D eigenvalue weighted by Crippen LogP contribution is -2.28. The molecule has 0 aromatic heterocycles. The molecule has 520 valence electrons. The second kappa shape index (κ2) is 80.7. The number of hydrogen-bond acceptors (Lipinski definition) is 5. The van der Waals surface area contributed by atoms with E-state index in [1.165, 1.54) is 51.4 Å². The van der Waals surface area contributed by atoms with Crippen LogP contribution >= 0.6 is 0 Å². The zero-order chi connectivity index (χ0) is 67.5. The Morgan fingerprint density at radius 1 is 0.245 bits per heavy atom. The second-order valence-corrected chi connectivity index (χ2v) is 23.6. The maximum atomic E-state index is 12.4. The third-order valence-corrected chi connectivity index (χ3v) is 14.8. The van der Waals surface area contributed by atoms with Crippen molar-refractivity contribution in [2.45, 2.75) is 277 Å². The fourth-order valence-electron chi connectivity index (χ4n) is 9.35. The van der Waals surface area contributed by atoms with E-state index in [0.717, 1.165) is 193 Å². The lowest BCUT2D eigenvalue weighted by molar-refractivity contribution is -0.161. The smallest absolute Gasteiger partial charge is 0.306 e. The van der Waals surface area contributed by atoms with Crippen LogP contribution in [0, 0.1) is 0 Å². The zero-order valence-corrected chi connectivity index (χ0v) is 59.6. The van der Waals surface area contributed by atoms with Gasteiger partial charge in [-0.2, -0.15) is 0 Å². The molecule has 5 heteroatoms. The Balaban J connectivity index is 3.66. The van der Waals surface area contributed by atoms with Crippen LogP contribution in [0.5, 0.6) is 0 Å². The molecule has 0 bridgehead atoms. The molecule has 0 radical (unpaired) electrons. The Bertz CT molecular complexity index is 2350. The van der Waals surface area contributed by atoms with Crippen molar-refractivity contribution in [1.82, 2.24) is 0 Å². The van der Waals surface area contributed by atoms with Crippen LogP contribution in [-0.2, 0) is 19.1 Å². The summed E-state index contributed by atoms with van der Waals surface area (Å²) in [6.45, 7) is 3.88. The highest BCUT2D eigenvalue weighted by Gasteiger charge is 2.16. The number of esters is 2. The van der Waals surface area contributed by atoms with Gasteiger partial charge in [-0.05, 0) is 173 Å². The van der Waals surface area contributed by atoms with Gasteiger partial charge in [0.2, 0.25) is 0 Å².